The van der Waals surface area contributed by atoms with Crippen LogP contribution < -0.4 is 5.73 Å². The number of carboxylic acids is 1. The molecule has 0 radical (unpaired) electrons. The number of nitrogens with zero attached hydrogens (tertiary/aromatic N) is 1. The van der Waals surface area contributed by atoms with E-state index in [1.807, 2.05) is 0 Å². The molecule has 0 aromatic carbocycles. The summed E-state index contributed by atoms with van der Waals surface area (Å²) in [6.45, 7) is 3.59. The molecule has 98 valence electrons. The topological polar surface area (TPSA) is 83.6 Å². The van der Waals surface area contributed by atoms with Crippen LogP contribution in [-0.2, 0) is 9.59 Å². The van der Waals surface area contributed by atoms with Crippen LogP contribution in [0.15, 0.2) is 0 Å². The number of carbonyl (C=O) groups excluding carboxylic acids is 1. The van der Waals surface area contributed by atoms with Crippen LogP contribution in [0.3, 0.4) is 0 Å². The van der Waals surface area contributed by atoms with Crippen LogP contribution in [0.1, 0.15) is 39.0 Å². The Morgan fingerprint density at radius 3 is 2.71 bits per heavy atom. The lowest BCUT2D eigenvalue weighted by atomic mass is 9.98. The Hall–Kier alpha value is -1.10. The molecule has 2 atom stereocenters. The highest BCUT2D eigenvalue weighted by Gasteiger charge is 2.25. The SMILES string of the molecule is CCC1CCCN(C(=O)C(N)CC(=O)O)CC1. The maximum atomic E-state index is 11.9. The summed E-state index contributed by atoms with van der Waals surface area (Å²) in [5.41, 5.74) is 5.60. The molecule has 5 heteroatoms. The average Bonchev–Trinajstić information content (AvgIpc) is 2.52. The van der Waals surface area contributed by atoms with E-state index in [1.54, 1.807) is 4.90 Å². The molecule has 0 spiro atoms. The second-order valence-electron chi connectivity index (χ2n) is 4.73. The van der Waals surface area contributed by atoms with Crippen LogP contribution >= 0.6 is 0 Å². The minimum atomic E-state index is -1.02. The predicted molar refractivity (Wildman–Crippen MR) is 64.4 cm³/mol. The van der Waals surface area contributed by atoms with E-state index in [0.29, 0.717) is 19.0 Å². The first-order valence-electron chi connectivity index (χ1n) is 6.30. The van der Waals surface area contributed by atoms with Gasteiger partial charge in [0.15, 0.2) is 0 Å². The van der Waals surface area contributed by atoms with Crippen LogP contribution in [-0.4, -0.2) is 41.0 Å². The van der Waals surface area contributed by atoms with Gasteiger partial charge in [-0.25, -0.2) is 0 Å². The second kappa shape index (κ2) is 6.59. The molecule has 0 aromatic heterocycles. The Morgan fingerprint density at radius 1 is 1.41 bits per heavy atom. The van der Waals surface area contributed by atoms with Gasteiger partial charge in [-0.2, -0.15) is 0 Å². The van der Waals surface area contributed by atoms with E-state index in [1.165, 1.54) is 0 Å². The Balaban J connectivity index is 2.48. The van der Waals surface area contributed by atoms with Crippen molar-refractivity contribution in [3.63, 3.8) is 0 Å². The molecule has 1 rings (SSSR count). The fourth-order valence-electron chi connectivity index (χ4n) is 2.30. The Morgan fingerprint density at radius 2 is 2.12 bits per heavy atom. The third-order valence-corrected chi connectivity index (χ3v) is 3.45. The summed E-state index contributed by atoms with van der Waals surface area (Å²) in [6, 6.07) is -0.898. The van der Waals surface area contributed by atoms with Crippen molar-refractivity contribution in [2.45, 2.75) is 45.1 Å². The minimum absolute atomic E-state index is 0.218. The molecular weight excluding hydrogens is 220 g/mol. The van der Waals surface area contributed by atoms with Crippen LogP contribution in [0.4, 0.5) is 0 Å². The fraction of sp³-hybridized carbons (Fsp3) is 0.833. The largest absolute Gasteiger partial charge is 0.481 e. The van der Waals surface area contributed by atoms with E-state index in [4.69, 9.17) is 10.8 Å². The Labute approximate surface area is 102 Å². The molecule has 0 bridgehead atoms. The number of nitrogens with two attached hydrogens (primary N) is 1. The molecule has 5 nitrogen and oxygen atoms in total. The van der Waals surface area contributed by atoms with Gasteiger partial charge in [0.2, 0.25) is 5.91 Å². The molecule has 0 aromatic rings. The zero-order valence-electron chi connectivity index (χ0n) is 10.4. The highest BCUT2D eigenvalue weighted by molar-refractivity contribution is 5.85. The monoisotopic (exact) mass is 242 g/mol. The van der Waals surface area contributed by atoms with E-state index in [-0.39, 0.29) is 12.3 Å². The van der Waals surface area contributed by atoms with Gasteiger partial charge in [0.05, 0.1) is 12.5 Å². The van der Waals surface area contributed by atoms with Gasteiger partial charge < -0.3 is 15.7 Å². The van der Waals surface area contributed by atoms with Gasteiger partial charge in [-0.15, -0.1) is 0 Å². The van der Waals surface area contributed by atoms with Crippen molar-refractivity contribution in [2.75, 3.05) is 13.1 Å². The smallest absolute Gasteiger partial charge is 0.305 e. The molecule has 1 aliphatic heterocycles. The second-order valence-corrected chi connectivity index (χ2v) is 4.73. The summed E-state index contributed by atoms with van der Waals surface area (Å²) >= 11 is 0. The summed E-state index contributed by atoms with van der Waals surface area (Å²) in [5.74, 6) is -0.556. The van der Waals surface area contributed by atoms with Gasteiger partial charge in [-0.3, -0.25) is 9.59 Å². The van der Waals surface area contributed by atoms with Crippen molar-refractivity contribution < 1.29 is 14.7 Å². The third kappa shape index (κ3) is 4.34. The maximum absolute atomic E-state index is 11.9. The average molecular weight is 242 g/mol. The van der Waals surface area contributed by atoms with Gasteiger partial charge in [0, 0.05) is 13.1 Å². The number of aliphatic carboxylic acids is 1. The number of hydrogen-bond donors (Lipinski definition) is 2. The number of hydrogen-bond acceptors (Lipinski definition) is 3. The van der Waals surface area contributed by atoms with Crippen LogP contribution in [0.25, 0.3) is 0 Å². The quantitative estimate of drug-likeness (QED) is 0.764. The van der Waals surface area contributed by atoms with E-state index in [2.05, 4.69) is 6.92 Å². The van der Waals surface area contributed by atoms with Gasteiger partial charge in [0.1, 0.15) is 0 Å². The lowest BCUT2D eigenvalue weighted by Gasteiger charge is -2.23. The zero-order chi connectivity index (χ0) is 12.8. The van der Waals surface area contributed by atoms with Crippen molar-refractivity contribution in [3.8, 4) is 0 Å². The van der Waals surface area contributed by atoms with Crippen molar-refractivity contribution in [1.29, 1.82) is 0 Å². The minimum Gasteiger partial charge on any atom is -0.481 e. The normalized spacial score (nSPS) is 22.9. The number of carboxylic acid groups (broad SMARTS) is 1. The lowest BCUT2D eigenvalue weighted by molar-refractivity contribution is -0.142. The first kappa shape index (κ1) is 14.0. The summed E-state index contributed by atoms with van der Waals surface area (Å²) < 4.78 is 0. The van der Waals surface area contributed by atoms with Crippen LogP contribution in [0.5, 0.6) is 0 Å². The van der Waals surface area contributed by atoms with Crippen LogP contribution in [0.2, 0.25) is 0 Å². The summed E-state index contributed by atoms with van der Waals surface area (Å²) in [5, 5.41) is 8.62. The first-order chi connectivity index (χ1) is 8.04. The maximum Gasteiger partial charge on any atom is 0.305 e. The summed E-state index contributed by atoms with van der Waals surface area (Å²) in [4.78, 5) is 24.2. The van der Waals surface area contributed by atoms with Crippen molar-refractivity contribution in [1.82, 2.24) is 4.90 Å². The highest BCUT2D eigenvalue weighted by Crippen LogP contribution is 2.20. The number of carbonyl (C=O) groups is 2. The van der Waals surface area contributed by atoms with Crippen LogP contribution in [0, 0.1) is 5.92 Å². The van der Waals surface area contributed by atoms with E-state index in [9.17, 15) is 9.59 Å². The highest BCUT2D eigenvalue weighted by atomic mass is 16.4. The molecule has 1 saturated heterocycles. The van der Waals surface area contributed by atoms with Gasteiger partial charge in [-0.05, 0) is 25.2 Å². The predicted octanol–water partition coefficient (Wildman–Crippen LogP) is 0.827. The molecule has 1 aliphatic rings. The van der Waals surface area contributed by atoms with Gasteiger partial charge in [0.25, 0.3) is 0 Å². The first-order valence-corrected chi connectivity index (χ1v) is 6.30. The molecule has 1 fully saturated rings. The zero-order valence-corrected chi connectivity index (χ0v) is 10.4. The summed E-state index contributed by atoms with van der Waals surface area (Å²) in [7, 11) is 0. The molecule has 0 aliphatic carbocycles. The molecule has 2 unspecified atom stereocenters. The van der Waals surface area contributed by atoms with Crippen molar-refractivity contribution >= 4 is 11.9 Å². The Kier molecular flexibility index (Phi) is 5.41. The third-order valence-electron chi connectivity index (χ3n) is 3.45. The molecule has 17 heavy (non-hydrogen) atoms. The fourth-order valence-corrected chi connectivity index (χ4v) is 2.30. The van der Waals surface area contributed by atoms with Gasteiger partial charge in [-0.1, -0.05) is 13.3 Å². The van der Waals surface area contributed by atoms with E-state index in [0.717, 1.165) is 25.7 Å². The summed E-state index contributed by atoms with van der Waals surface area (Å²) in [6.07, 6.45) is 4.00. The Bertz CT molecular complexity index is 281. The molecule has 3 N–H and O–H groups in total. The molecular formula is C12H22N2O3. The van der Waals surface area contributed by atoms with E-state index >= 15 is 0 Å². The lowest BCUT2D eigenvalue weighted by Crippen LogP contribution is -2.45. The number of rotatable bonds is 4. The number of amides is 1. The standard InChI is InChI=1S/C12H22N2O3/c1-2-9-4-3-6-14(7-5-9)12(17)10(13)8-11(15)16/h9-10H,2-8,13H2,1H3,(H,15,16). The van der Waals surface area contributed by atoms with Crippen molar-refractivity contribution in [2.24, 2.45) is 11.7 Å². The van der Waals surface area contributed by atoms with E-state index < -0.39 is 12.0 Å². The van der Waals surface area contributed by atoms with Gasteiger partial charge >= 0.3 is 5.97 Å². The molecule has 0 saturated carbocycles. The molecule has 1 heterocycles. The number of likely N-dealkylation sites (tertiary alicyclic amines) is 1. The molecule has 1 amide bonds. The van der Waals surface area contributed by atoms with Crippen molar-refractivity contribution in [3.05, 3.63) is 0 Å².